The van der Waals surface area contributed by atoms with E-state index < -0.39 is 5.97 Å². The van der Waals surface area contributed by atoms with Crippen LogP contribution in [0.5, 0.6) is 0 Å². The molecule has 5 fully saturated rings. The molecule has 14 nitrogen and oxygen atoms in total. The number of amides is 1. The first-order valence-corrected chi connectivity index (χ1v) is 23.9. The van der Waals surface area contributed by atoms with E-state index in [1.165, 1.54) is 80.1 Å². The normalized spacial score (nSPS) is 19.7. The van der Waals surface area contributed by atoms with Crippen LogP contribution in [0.3, 0.4) is 0 Å². The van der Waals surface area contributed by atoms with Crippen molar-refractivity contribution >= 4 is 68.5 Å². The number of piperidine rings is 4. The Balaban J connectivity index is 0.000000169. The Morgan fingerprint density at radius 3 is 1.20 bits per heavy atom. The third-order valence-electron chi connectivity index (χ3n) is 13.5. The first-order chi connectivity index (χ1) is 29.6. The molecule has 61 heavy (non-hydrogen) atoms. The van der Waals surface area contributed by atoms with Gasteiger partial charge in [0, 0.05) is 127 Å². The SMILES string of the molecule is CN(C)c1nsc(N2CCC(C3CCN(c4ccc(C(=O)NC5CC5)cc4)CC3)CC2)n1.CN(C)c1nsc(N2CCC(C3CCN(c4ccc(C(=O)O)cc4)CC3)CC2)n1. The van der Waals surface area contributed by atoms with Crippen molar-refractivity contribution in [2.75, 3.05) is 110 Å². The number of nitrogens with one attached hydrogen (secondary N) is 1. The second-order valence-corrected chi connectivity index (χ2v) is 19.4. The van der Waals surface area contributed by atoms with Gasteiger partial charge in [0.25, 0.3) is 5.91 Å². The average molecular weight is 870 g/mol. The standard InChI is InChI=1S/C24H34N6OS.C21H29N5O2S/c1-28(2)23-26-24(32-27-23)30-15-11-18(12-16-30)17-9-13-29(14-10-17)21-7-3-19(4-8-21)22(31)25-20-5-6-20;1-24(2)20-22-21(29-23-20)26-13-9-16(10-14-26)15-7-11-25(12-8-15)18-5-3-17(4-6-18)19(27)28/h3-4,7-8,17-18,20H,5-6,9-16H2,1-2H3,(H,25,31);3-6,15-16H,7-14H2,1-2H3,(H,27,28). The van der Waals surface area contributed by atoms with Gasteiger partial charge in [0.15, 0.2) is 0 Å². The molecule has 1 amide bonds. The van der Waals surface area contributed by atoms with Gasteiger partial charge in [-0.05, 0) is 136 Å². The quantitative estimate of drug-likeness (QED) is 0.159. The summed E-state index contributed by atoms with van der Waals surface area (Å²) in [5.74, 6) is 4.05. The van der Waals surface area contributed by atoms with E-state index in [4.69, 9.17) is 5.11 Å². The number of nitrogens with zero attached hydrogens (tertiary/aromatic N) is 10. The van der Waals surface area contributed by atoms with Crippen LogP contribution in [-0.4, -0.2) is 122 Å². The Bertz CT molecular complexity index is 2020. The van der Waals surface area contributed by atoms with Crippen LogP contribution in [0.15, 0.2) is 48.5 Å². The molecule has 0 spiro atoms. The van der Waals surface area contributed by atoms with E-state index in [-0.39, 0.29) is 5.91 Å². The number of benzene rings is 2. The monoisotopic (exact) mass is 869 g/mol. The average Bonchev–Trinajstić information content (AvgIpc) is 3.72. The predicted molar refractivity (Wildman–Crippen MR) is 249 cm³/mol. The van der Waals surface area contributed by atoms with Gasteiger partial charge in [0.2, 0.25) is 22.2 Å². The summed E-state index contributed by atoms with van der Waals surface area (Å²) >= 11 is 3.02. The molecule has 5 aliphatic rings. The van der Waals surface area contributed by atoms with Gasteiger partial charge in [-0.1, -0.05) is 0 Å². The molecule has 2 aromatic heterocycles. The maximum absolute atomic E-state index is 12.2. The van der Waals surface area contributed by atoms with Crippen LogP contribution < -0.4 is 34.7 Å². The highest BCUT2D eigenvalue weighted by Gasteiger charge is 2.32. The highest BCUT2D eigenvalue weighted by molar-refractivity contribution is 7.10. The second-order valence-electron chi connectivity index (χ2n) is 18.0. The summed E-state index contributed by atoms with van der Waals surface area (Å²) in [4.78, 5) is 46.2. The van der Waals surface area contributed by atoms with Crippen LogP contribution in [-0.2, 0) is 0 Å². The number of carbonyl (C=O) groups excluding carboxylic acids is 1. The molecular weight excluding hydrogens is 807 g/mol. The summed E-state index contributed by atoms with van der Waals surface area (Å²) in [5.41, 5.74) is 3.50. The molecule has 2 aromatic carbocycles. The Hall–Kier alpha value is -4.70. The molecule has 1 saturated carbocycles. The Kier molecular flexibility index (Phi) is 13.8. The van der Waals surface area contributed by atoms with Crippen LogP contribution in [0.1, 0.15) is 84.9 Å². The lowest BCUT2D eigenvalue weighted by Crippen LogP contribution is -2.41. The van der Waals surface area contributed by atoms with Crippen molar-refractivity contribution in [1.82, 2.24) is 24.0 Å². The van der Waals surface area contributed by atoms with Crippen molar-refractivity contribution < 1.29 is 14.7 Å². The number of carboxylic acid groups (broad SMARTS) is 1. The molecule has 0 radical (unpaired) electrons. The molecule has 16 heteroatoms. The van der Waals surface area contributed by atoms with Crippen molar-refractivity contribution in [2.24, 2.45) is 23.7 Å². The number of hydrogen-bond acceptors (Lipinski definition) is 14. The Morgan fingerprint density at radius 2 is 0.885 bits per heavy atom. The van der Waals surface area contributed by atoms with Gasteiger partial charge in [-0.3, -0.25) is 4.79 Å². The molecule has 6 heterocycles. The van der Waals surface area contributed by atoms with Crippen LogP contribution in [0, 0.1) is 23.7 Å². The van der Waals surface area contributed by atoms with Crippen molar-refractivity contribution in [2.45, 2.75) is 70.3 Å². The zero-order valence-corrected chi connectivity index (χ0v) is 37.9. The smallest absolute Gasteiger partial charge is 0.335 e. The fourth-order valence-electron chi connectivity index (χ4n) is 9.55. The van der Waals surface area contributed by atoms with E-state index in [1.807, 2.05) is 62.3 Å². The number of aromatic nitrogens is 4. The van der Waals surface area contributed by atoms with Gasteiger partial charge in [-0.25, -0.2) is 4.79 Å². The molecule has 9 rings (SSSR count). The first kappa shape index (κ1) is 43.0. The first-order valence-electron chi connectivity index (χ1n) is 22.3. The minimum Gasteiger partial charge on any atom is -0.478 e. The zero-order valence-electron chi connectivity index (χ0n) is 36.3. The lowest BCUT2D eigenvalue weighted by atomic mass is 9.79. The number of carbonyl (C=O) groups is 2. The number of carboxylic acids is 1. The largest absolute Gasteiger partial charge is 0.478 e. The molecule has 2 N–H and O–H groups in total. The van der Waals surface area contributed by atoms with Crippen LogP contribution in [0.25, 0.3) is 0 Å². The summed E-state index contributed by atoms with van der Waals surface area (Å²) in [6.45, 7) is 8.67. The van der Waals surface area contributed by atoms with Crippen LogP contribution in [0.2, 0.25) is 0 Å². The number of rotatable bonds is 11. The molecular formula is C45H63N11O3S2. The Labute approximate surface area is 369 Å². The summed E-state index contributed by atoms with van der Waals surface area (Å²) in [6.07, 6.45) is 12.2. The molecule has 0 atom stereocenters. The van der Waals surface area contributed by atoms with Gasteiger partial charge < -0.3 is 39.8 Å². The zero-order chi connectivity index (χ0) is 42.5. The minimum atomic E-state index is -0.868. The van der Waals surface area contributed by atoms with Crippen molar-refractivity contribution in [1.29, 1.82) is 0 Å². The lowest BCUT2D eigenvalue weighted by molar-refractivity contribution is 0.0696. The summed E-state index contributed by atoms with van der Waals surface area (Å²) in [6, 6.07) is 15.9. The van der Waals surface area contributed by atoms with E-state index in [1.54, 1.807) is 12.1 Å². The molecule has 1 aliphatic carbocycles. The van der Waals surface area contributed by atoms with E-state index in [0.29, 0.717) is 11.6 Å². The van der Waals surface area contributed by atoms with E-state index in [0.717, 1.165) is 122 Å². The fraction of sp³-hybridized carbons (Fsp3) is 0.600. The predicted octanol–water partition coefficient (Wildman–Crippen LogP) is 7.06. The topological polar surface area (TPSA) is 137 Å². The third kappa shape index (κ3) is 10.9. The number of hydrogen-bond donors (Lipinski definition) is 2. The van der Waals surface area contributed by atoms with Gasteiger partial charge in [-0.2, -0.15) is 18.7 Å². The van der Waals surface area contributed by atoms with E-state index >= 15 is 0 Å². The summed E-state index contributed by atoms with van der Waals surface area (Å²) < 4.78 is 8.88. The van der Waals surface area contributed by atoms with Crippen molar-refractivity contribution in [3.8, 4) is 0 Å². The van der Waals surface area contributed by atoms with Crippen LogP contribution >= 0.6 is 23.1 Å². The molecule has 0 unspecified atom stereocenters. The number of aromatic carboxylic acids is 1. The van der Waals surface area contributed by atoms with Gasteiger partial charge in [0.05, 0.1) is 5.56 Å². The third-order valence-corrected chi connectivity index (χ3v) is 15.1. The maximum atomic E-state index is 12.2. The second kappa shape index (κ2) is 19.6. The fourth-order valence-corrected chi connectivity index (χ4v) is 11.1. The molecule has 0 bridgehead atoms. The lowest BCUT2D eigenvalue weighted by Gasteiger charge is -2.40. The summed E-state index contributed by atoms with van der Waals surface area (Å²) in [7, 11) is 7.94. The maximum Gasteiger partial charge on any atom is 0.335 e. The van der Waals surface area contributed by atoms with Gasteiger partial charge >= 0.3 is 5.97 Å². The molecule has 328 valence electrons. The highest BCUT2D eigenvalue weighted by atomic mass is 32.1. The van der Waals surface area contributed by atoms with Crippen molar-refractivity contribution in [3.63, 3.8) is 0 Å². The van der Waals surface area contributed by atoms with E-state index in [2.05, 4.69) is 55.8 Å². The molecule has 4 saturated heterocycles. The summed E-state index contributed by atoms with van der Waals surface area (Å²) in [5, 5.41) is 14.2. The van der Waals surface area contributed by atoms with Gasteiger partial charge in [-0.15, -0.1) is 0 Å². The minimum absolute atomic E-state index is 0.0653. The molecule has 4 aromatic rings. The van der Waals surface area contributed by atoms with E-state index in [9.17, 15) is 9.59 Å². The highest BCUT2D eigenvalue weighted by Crippen LogP contribution is 2.37. The van der Waals surface area contributed by atoms with Crippen molar-refractivity contribution in [3.05, 3.63) is 59.7 Å². The Morgan fingerprint density at radius 1 is 0.541 bits per heavy atom. The molecule has 4 aliphatic heterocycles. The number of anilines is 6. The van der Waals surface area contributed by atoms with Crippen LogP contribution in [0.4, 0.5) is 33.5 Å². The van der Waals surface area contributed by atoms with Gasteiger partial charge in [0.1, 0.15) is 0 Å².